The first kappa shape index (κ1) is 84.2. The van der Waals surface area contributed by atoms with Crippen LogP contribution in [0.15, 0.2) is 36.5 Å². The lowest BCUT2D eigenvalue weighted by Crippen LogP contribution is -2.37. The molecule has 9 nitrogen and oxygen atoms in total. The maximum absolute atomic E-state index is 12.9. The Balaban J connectivity index is 3.94. The summed E-state index contributed by atoms with van der Waals surface area (Å²) in [6, 6.07) is 0. The minimum absolute atomic E-state index is 0.0291. The van der Waals surface area contributed by atoms with Gasteiger partial charge in [-0.1, -0.05) is 359 Å². The van der Waals surface area contributed by atoms with E-state index in [0.717, 1.165) is 51.4 Å². The van der Waals surface area contributed by atoms with Gasteiger partial charge in [0, 0.05) is 12.8 Å². The molecule has 0 saturated carbocycles. The molecule has 0 radical (unpaired) electrons. The van der Waals surface area contributed by atoms with Gasteiger partial charge in [-0.05, 0) is 51.4 Å². The van der Waals surface area contributed by atoms with Crippen LogP contribution in [-0.2, 0) is 32.7 Å². The Morgan fingerprint density at radius 1 is 0.360 bits per heavy atom. The van der Waals surface area contributed by atoms with Crippen molar-refractivity contribution in [2.75, 3.05) is 47.5 Å². The molecule has 0 fully saturated rings. The number of rotatable bonds is 71. The fraction of sp³-hybridized carbons (Fsp3) is 0.895. The van der Waals surface area contributed by atoms with Gasteiger partial charge in [0.25, 0.3) is 7.82 Å². The molecular weight excluding hydrogens is 1090 g/mol. The largest absolute Gasteiger partial charge is 0.756 e. The second-order valence-electron chi connectivity index (χ2n) is 27.0. The molecule has 0 aliphatic carbocycles. The summed E-state index contributed by atoms with van der Waals surface area (Å²) < 4.78 is 34.4. The van der Waals surface area contributed by atoms with E-state index >= 15 is 0 Å². The van der Waals surface area contributed by atoms with Gasteiger partial charge in [-0.2, -0.15) is 0 Å². The number of carbonyl (C=O) groups excluding carboxylic acids is 2. The van der Waals surface area contributed by atoms with Crippen LogP contribution in [-0.4, -0.2) is 70.0 Å². The first-order chi connectivity index (χ1) is 42.0. The Labute approximate surface area is 535 Å². The summed E-state index contributed by atoms with van der Waals surface area (Å²) in [4.78, 5) is 38.1. The molecule has 0 aliphatic heterocycles. The predicted octanol–water partition coefficient (Wildman–Crippen LogP) is 24.0. The summed E-state index contributed by atoms with van der Waals surface area (Å²) in [7, 11) is 1.18. The number of hydrogen-bond acceptors (Lipinski definition) is 8. The number of carbonyl (C=O) groups is 2. The molecule has 10 heteroatoms. The first-order valence-electron chi connectivity index (χ1n) is 37.7. The third kappa shape index (κ3) is 71.3. The van der Waals surface area contributed by atoms with Gasteiger partial charge < -0.3 is 27.9 Å². The maximum atomic E-state index is 12.9. The summed E-state index contributed by atoms with van der Waals surface area (Å²) in [6.07, 6.45) is 86.8. The van der Waals surface area contributed by atoms with Crippen LogP contribution in [0.3, 0.4) is 0 Å². The van der Waals surface area contributed by atoms with Crippen molar-refractivity contribution in [3.05, 3.63) is 36.5 Å². The number of unbranched alkanes of at least 4 members (excludes halogenated alkanes) is 51. The molecule has 0 aliphatic rings. The lowest BCUT2D eigenvalue weighted by molar-refractivity contribution is -0.870. The van der Waals surface area contributed by atoms with Crippen LogP contribution in [0.4, 0.5) is 0 Å². The van der Waals surface area contributed by atoms with Crippen molar-refractivity contribution in [3.8, 4) is 0 Å². The van der Waals surface area contributed by atoms with E-state index in [1.807, 2.05) is 21.1 Å². The number of allylic oxidation sites excluding steroid dienone is 6. The van der Waals surface area contributed by atoms with Crippen molar-refractivity contribution < 1.29 is 42.1 Å². The van der Waals surface area contributed by atoms with Crippen LogP contribution >= 0.6 is 7.82 Å². The van der Waals surface area contributed by atoms with E-state index in [9.17, 15) is 19.0 Å². The van der Waals surface area contributed by atoms with Crippen LogP contribution in [0.5, 0.6) is 0 Å². The van der Waals surface area contributed by atoms with Crippen molar-refractivity contribution in [2.24, 2.45) is 0 Å². The number of phosphoric ester groups is 1. The predicted molar refractivity (Wildman–Crippen MR) is 370 cm³/mol. The zero-order valence-electron chi connectivity index (χ0n) is 58.0. The van der Waals surface area contributed by atoms with E-state index < -0.39 is 26.5 Å². The van der Waals surface area contributed by atoms with Gasteiger partial charge in [0.15, 0.2) is 6.10 Å². The number of quaternary nitrogens is 1. The third-order valence-corrected chi connectivity index (χ3v) is 18.1. The molecule has 2 atom stereocenters. The summed E-state index contributed by atoms with van der Waals surface area (Å²) in [6.45, 7) is 4.30. The molecule has 508 valence electrons. The second kappa shape index (κ2) is 67.6. The standard InChI is InChI=1S/C76H146NO8P/c1-6-8-10-12-14-16-18-20-22-24-26-28-30-32-34-35-36-37-38-39-40-41-43-44-46-48-50-52-54-56-58-60-62-64-66-68-75(78)82-72-74(73-84-86(80,81)83-71-70-77(3,4)5)85-76(79)69-67-65-63-61-59-57-55-53-51-49-47-45-42-33-31-29-27-25-23-21-19-17-15-13-11-9-7-2/h19,21,25,27,31,33,74H,6-18,20,22-24,26,28-30,32,34-73H2,1-5H3/b21-19-,27-25-,33-31-. The average Bonchev–Trinajstić information content (AvgIpc) is 3.53. The van der Waals surface area contributed by atoms with Gasteiger partial charge in [0.2, 0.25) is 0 Å². The minimum atomic E-state index is -4.64. The Morgan fingerprint density at radius 2 is 0.628 bits per heavy atom. The quantitative estimate of drug-likeness (QED) is 0.0195. The summed E-state index contributed by atoms with van der Waals surface area (Å²) in [5, 5.41) is 0. The van der Waals surface area contributed by atoms with Crippen LogP contribution in [0.2, 0.25) is 0 Å². The lowest BCUT2D eigenvalue weighted by Gasteiger charge is -2.28. The van der Waals surface area contributed by atoms with Crippen LogP contribution in [0, 0.1) is 0 Å². The molecule has 0 saturated heterocycles. The number of phosphoric acid groups is 1. The number of nitrogens with zero attached hydrogens (tertiary/aromatic N) is 1. The van der Waals surface area contributed by atoms with Crippen molar-refractivity contribution in [3.63, 3.8) is 0 Å². The smallest absolute Gasteiger partial charge is 0.306 e. The van der Waals surface area contributed by atoms with Crippen LogP contribution in [0.1, 0.15) is 386 Å². The number of likely N-dealkylation sites (N-methyl/N-ethyl adjacent to an activating group) is 1. The normalized spacial score (nSPS) is 13.2. The van der Waals surface area contributed by atoms with Crippen molar-refractivity contribution >= 4 is 19.8 Å². The van der Waals surface area contributed by atoms with Gasteiger partial charge >= 0.3 is 11.9 Å². The van der Waals surface area contributed by atoms with Crippen molar-refractivity contribution in [1.82, 2.24) is 0 Å². The zero-order valence-corrected chi connectivity index (χ0v) is 58.9. The monoisotopic (exact) mass is 1230 g/mol. The Hall–Kier alpha value is -1.77. The highest BCUT2D eigenvalue weighted by atomic mass is 31.2. The highest BCUT2D eigenvalue weighted by Crippen LogP contribution is 2.38. The van der Waals surface area contributed by atoms with Crippen LogP contribution in [0.25, 0.3) is 0 Å². The summed E-state index contributed by atoms with van der Waals surface area (Å²) in [5.41, 5.74) is 0. The van der Waals surface area contributed by atoms with Crippen LogP contribution < -0.4 is 4.89 Å². The molecule has 0 amide bonds. The van der Waals surface area contributed by atoms with E-state index in [4.69, 9.17) is 18.5 Å². The third-order valence-electron chi connectivity index (χ3n) is 17.2. The molecule has 0 N–H and O–H groups in total. The van der Waals surface area contributed by atoms with Gasteiger partial charge in [-0.25, -0.2) is 0 Å². The van der Waals surface area contributed by atoms with E-state index in [0.29, 0.717) is 17.4 Å². The fourth-order valence-electron chi connectivity index (χ4n) is 11.4. The van der Waals surface area contributed by atoms with E-state index in [2.05, 4.69) is 50.3 Å². The summed E-state index contributed by atoms with van der Waals surface area (Å²) >= 11 is 0. The number of ether oxygens (including phenoxy) is 2. The van der Waals surface area contributed by atoms with Gasteiger partial charge in [-0.15, -0.1) is 0 Å². The number of esters is 2. The van der Waals surface area contributed by atoms with Crippen molar-refractivity contribution in [1.29, 1.82) is 0 Å². The van der Waals surface area contributed by atoms with Gasteiger partial charge in [-0.3, -0.25) is 14.2 Å². The van der Waals surface area contributed by atoms with Crippen molar-refractivity contribution in [2.45, 2.75) is 392 Å². The molecule has 2 unspecified atom stereocenters. The average molecular weight is 1230 g/mol. The first-order valence-corrected chi connectivity index (χ1v) is 39.2. The Bertz CT molecular complexity index is 1540. The Morgan fingerprint density at radius 3 is 0.930 bits per heavy atom. The van der Waals surface area contributed by atoms with E-state index in [-0.39, 0.29) is 32.0 Å². The molecule has 0 heterocycles. The molecule has 0 spiro atoms. The fourth-order valence-corrected chi connectivity index (χ4v) is 12.1. The highest BCUT2D eigenvalue weighted by molar-refractivity contribution is 7.45. The SMILES string of the molecule is CCCCCCC/C=C\C/C=C\C/C=C\CCCCCCCCCCCCCCC(=O)OC(COC(=O)CCCCCCCCCCCCCCCCCCCCCCCCCCCCCCCCCCCCC)COP(=O)([O-])OCC[N+](C)(C)C. The lowest BCUT2D eigenvalue weighted by atomic mass is 10.0. The minimum Gasteiger partial charge on any atom is -0.756 e. The molecule has 0 rings (SSSR count). The van der Waals surface area contributed by atoms with Gasteiger partial charge in [0.05, 0.1) is 27.7 Å². The molecule has 0 bridgehead atoms. The topological polar surface area (TPSA) is 111 Å². The summed E-state index contributed by atoms with van der Waals surface area (Å²) in [5.74, 6) is -0.815. The Kier molecular flexibility index (Phi) is 66.2. The van der Waals surface area contributed by atoms with E-state index in [1.165, 1.54) is 302 Å². The maximum Gasteiger partial charge on any atom is 0.306 e. The molecule has 0 aromatic rings. The molecule has 0 aromatic carbocycles. The highest BCUT2D eigenvalue weighted by Gasteiger charge is 2.22. The molecule has 0 aromatic heterocycles. The number of hydrogen-bond donors (Lipinski definition) is 0. The molecule has 86 heavy (non-hydrogen) atoms. The zero-order chi connectivity index (χ0) is 62.6. The second-order valence-corrected chi connectivity index (χ2v) is 28.4. The van der Waals surface area contributed by atoms with Gasteiger partial charge in [0.1, 0.15) is 19.8 Å². The van der Waals surface area contributed by atoms with E-state index in [1.54, 1.807) is 0 Å². The molecular formula is C76H146NO8P.